The Balaban J connectivity index is 1.44. The number of amides is 2. The van der Waals surface area contributed by atoms with Gasteiger partial charge in [-0.05, 0) is 49.4 Å². The Morgan fingerprint density at radius 1 is 1.07 bits per heavy atom. The van der Waals surface area contributed by atoms with Gasteiger partial charge < -0.3 is 14.8 Å². The summed E-state index contributed by atoms with van der Waals surface area (Å²) in [6.07, 6.45) is 10.3. The van der Waals surface area contributed by atoms with Crippen molar-refractivity contribution in [1.82, 2.24) is 14.8 Å². The van der Waals surface area contributed by atoms with Crippen LogP contribution in [0.3, 0.4) is 0 Å². The quantitative estimate of drug-likeness (QED) is 0.729. The van der Waals surface area contributed by atoms with E-state index in [9.17, 15) is 4.79 Å². The highest BCUT2D eigenvalue weighted by molar-refractivity contribution is 6.31. The highest BCUT2D eigenvalue weighted by Crippen LogP contribution is 2.29. The first kappa shape index (κ1) is 18.4. The molecule has 4 nitrogen and oxygen atoms in total. The van der Waals surface area contributed by atoms with Crippen LogP contribution < -0.4 is 5.32 Å². The van der Waals surface area contributed by atoms with Crippen LogP contribution in [0.2, 0.25) is 5.02 Å². The first-order chi connectivity index (χ1) is 13.2. The highest BCUT2D eigenvalue weighted by atomic mass is 35.5. The van der Waals surface area contributed by atoms with Gasteiger partial charge in [-0.1, -0.05) is 49.1 Å². The van der Waals surface area contributed by atoms with Crippen LogP contribution in [0, 0.1) is 0 Å². The first-order valence-electron chi connectivity index (χ1n) is 10.2. The standard InChI is InChI=1S/C22H28ClN3O/c23-21-11-5-4-7-17(21)15-25-14-6-10-20(25)16-26(19-12-13-19)22(27)24-18-8-2-1-3-9-18/h4-7,10-11,14,18-19H,1-3,8-9,12-13,15-16H2,(H,24,27). The zero-order valence-corrected chi connectivity index (χ0v) is 16.5. The number of benzene rings is 1. The van der Waals surface area contributed by atoms with Crippen molar-refractivity contribution in [3.05, 3.63) is 58.9 Å². The Kier molecular flexibility index (Phi) is 5.72. The van der Waals surface area contributed by atoms with E-state index in [4.69, 9.17) is 11.6 Å². The number of halogens is 1. The monoisotopic (exact) mass is 385 g/mol. The molecule has 2 fully saturated rings. The SMILES string of the molecule is O=C(NC1CCCCC1)N(Cc1cccn1Cc1ccccc1Cl)C1CC1. The van der Waals surface area contributed by atoms with Crippen molar-refractivity contribution in [3.8, 4) is 0 Å². The molecule has 1 aromatic heterocycles. The van der Waals surface area contributed by atoms with Crippen molar-refractivity contribution in [3.63, 3.8) is 0 Å². The summed E-state index contributed by atoms with van der Waals surface area (Å²) in [5, 5.41) is 4.07. The number of carbonyl (C=O) groups excluding carboxylic acids is 1. The van der Waals surface area contributed by atoms with E-state index in [0.717, 1.165) is 48.5 Å². The van der Waals surface area contributed by atoms with Crippen LogP contribution in [0.25, 0.3) is 0 Å². The largest absolute Gasteiger partial charge is 0.345 e. The summed E-state index contributed by atoms with van der Waals surface area (Å²) in [7, 11) is 0. The van der Waals surface area contributed by atoms with Gasteiger partial charge in [0.15, 0.2) is 0 Å². The van der Waals surface area contributed by atoms with Crippen LogP contribution >= 0.6 is 11.6 Å². The van der Waals surface area contributed by atoms with E-state index < -0.39 is 0 Å². The van der Waals surface area contributed by atoms with E-state index >= 15 is 0 Å². The van der Waals surface area contributed by atoms with Crippen molar-refractivity contribution in [2.75, 3.05) is 0 Å². The molecule has 4 rings (SSSR count). The number of aromatic nitrogens is 1. The number of nitrogens with one attached hydrogen (secondary N) is 1. The van der Waals surface area contributed by atoms with Crippen molar-refractivity contribution in [2.24, 2.45) is 0 Å². The molecular formula is C22H28ClN3O. The van der Waals surface area contributed by atoms with Crippen LogP contribution in [-0.2, 0) is 13.1 Å². The maximum Gasteiger partial charge on any atom is 0.318 e. The van der Waals surface area contributed by atoms with Crippen LogP contribution in [0.4, 0.5) is 4.79 Å². The predicted molar refractivity (Wildman–Crippen MR) is 109 cm³/mol. The topological polar surface area (TPSA) is 37.3 Å². The van der Waals surface area contributed by atoms with E-state index in [2.05, 4.69) is 34.3 Å². The van der Waals surface area contributed by atoms with Crippen molar-refractivity contribution in [1.29, 1.82) is 0 Å². The molecule has 27 heavy (non-hydrogen) atoms. The molecule has 2 saturated carbocycles. The molecule has 0 saturated heterocycles. The summed E-state index contributed by atoms with van der Waals surface area (Å²) in [5.41, 5.74) is 2.25. The van der Waals surface area contributed by atoms with E-state index in [1.807, 2.05) is 23.1 Å². The van der Waals surface area contributed by atoms with Crippen molar-refractivity contribution in [2.45, 2.75) is 70.1 Å². The van der Waals surface area contributed by atoms with Gasteiger partial charge in [-0.3, -0.25) is 0 Å². The lowest BCUT2D eigenvalue weighted by Gasteiger charge is -2.29. The smallest absolute Gasteiger partial charge is 0.318 e. The third-order valence-corrected chi connectivity index (χ3v) is 6.10. The Labute approximate surface area is 166 Å². The molecule has 2 amide bonds. The molecule has 0 aliphatic heterocycles. The van der Waals surface area contributed by atoms with Gasteiger partial charge in [-0.25, -0.2) is 4.79 Å². The summed E-state index contributed by atoms with van der Waals surface area (Å²) >= 11 is 6.33. The molecular weight excluding hydrogens is 358 g/mol. The third-order valence-electron chi connectivity index (χ3n) is 5.74. The molecule has 0 radical (unpaired) electrons. The number of nitrogens with zero attached hydrogens (tertiary/aromatic N) is 2. The first-order valence-corrected chi connectivity index (χ1v) is 10.5. The molecule has 0 bridgehead atoms. The minimum absolute atomic E-state index is 0.106. The fourth-order valence-corrected chi connectivity index (χ4v) is 4.18. The molecule has 0 atom stereocenters. The van der Waals surface area contributed by atoms with E-state index in [0.29, 0.717) is 18.6 Å². The van der Waals surface area contributed by atoms with Gasteiger partial charge in [-0.15, -0.1) is 0 Å². The van der Waals surface area contributed by atoms with Crippen molar-refractivity contribution < 1.29 is 4.79 Å². The number of hydrogen-bond acceptors (Lipinski definition) is 1. The lowest BCUT2D eigenvalue weighted by molar-refractivity contribution is 0.183. The molecule has 1 aromatic carbocycles. The average molecular weight is 386 g/mol. The molecule has 1 N–H and O–H groups in total. The second-order valence-corrected chi connectivity index (χ2v) is 8.27. The zero-order valence-electron chi connectivity index (χ0n) is 15.7. The zero-order chi connectivity index (χ0) is 18.6. The number of carbonyl (C=O) groups is 1. The van der Waals surface area contributed by atoms with E-state index in [1.54, 1.807) is 0 Å². The third kappa shape index (κ3) is 4.67. The second kappa shape index (κ2) is 8.39. The van der Waals surface area contributed by atoms with E-state index in [1.165, 1.54) is 19.3 Å². The van der Waals surface area contributed by atoms with Gasteiger partial charge in [0.1, 0.15) is 0 Å². The number of hydrogen-bond donors (Lipinski definition) is 1. The summed E-state index contributed by atoms with van der Waals surface area (Å²) < 4.78 is 2.20. The minimum atomic E-state index is 0.106. The van der Waals surface area contributed by atoms with Gasteiger partial charge in [-0.2, -0.15) is 0 Å². The minimum Gasteiger partial charge on any atom is -0.345 e. The molecule has 144 valence electrons. The summed E-state index contributed by atoms with van der Waals surface area (Å²) in [4.78, 5) is 15.0. The van der Waals surface area contributed by atoms with Crippen LogP contribution in [0.15, 0.2) is 42.6 Å². The van der Waals surface area contributed by atoms with Crippen molar-refractivity contribution >= 4 is 17.6 Å². The molecule has 2 aliphatic carbocycles. The number of rotatable bonds is 6. The lowest BCUT2D eigenvalue weighted by Crippen LogP contribution is -2.46. The molecule has 0 unspecified atom stereocenters. The fourth-order valence-electron chi connectivity index (χ4n) is 3.99. The number of urea groups is 1. The Morgan fingerprint density at radius 3 is 2.59 bits per heavy atom. The van der Waals surface area contributed by atoms with Gasteiger partial charge in [0.2, 0.25) is 0 Å². The Morgan fingerprint density at radius 2 is 1.85 bits per heavy atom. The lowest BCUT2D eigenvalue weighted by atomic mass is 9.96. The molecule has 0 spiro atoms. The maximum atomic E-state index is 12.9. The Hall–Kier alpha value is -1.94. The van der Waals surface area contributed by atoms with Crippen LogP contribution in [0.1, 0.15) is 56.2 Å². The molecule has 2 aromatic rings. The second-order valence-electron chi connectivity index (χ2n) is 7.86. The van der Waals surface area contributed by atoms with Gasteiger partial charge in [0, 0.05) is 35.5 Å². The predicted octanol–water partition coefficient (Wildman–Crippen LogP) is 5.20. The van der Waals surface area contributed by atoms with E-state index in [-0.39, 0.29) is 6.03 Å². The summed E-state index contributed by atoms with van der Waals surface area (Å²) in [6.45, 7) is 1.38. The molecule has 2 aliphatic rings. The van der Waals surface area contributed by atoms with Gasteiger partial charge >= 0.3 is 6.03 Å². The average Bonchev–Trinajstić information content (AvgIpc) is 3.42. The Bertz CT molecular complexity index is 777. The normalized spacial score (nSPS) is 17.7. The van der Waals surface area contributed by atoms with Crippen LogP contribution in [0.5, 0.6) is 0 Å². The summed E-state index contributed by atoms with van der Waals surface area (Å²) in [6, 6.07) is 12.9. The van der Waals surface area contributed by atoms with Crippen LogP contribution in [-0.4, -0.2) is 27.6 Å². The fraction of sp³-hybridized carbons (Fsp3) is 0.500. The molecule has 5 heteroatoms. The maximum absolute atomic E-state index is 12.9. The molecule has 1 heterocycles. The summed E-state index contributed by atoms with van der Waals surface area (Å²) in [5.74, 6) is 0. The van der Waals surface area contributed by atoms with Gasteiger partial charge in [0.25, 0.3) is 0 Å². The van der Waals surface area contributed by atoms with Gasteiger partial charge in [0.05, 0.1) is 6.54 Å². The highest BCUT2D eigenvalue weighted by Gasteiger charge is 2.34.